The zero-order valence-corrected chi connectivity index (χ0v) is 5.91. The highest BCUT2D eigenvalue weighted by Crippen LogP contribution is 2.31. The van der Waals surface area contributed by atoms with Crippen LogP contribution in [0, 0.1) is 0 Å². The molecule has 0 aliphatic carbocycles. The molecule has 6 nitrogen and oxygen atoms in total. The first-order chi connectivity index (χ1) is 4.42. The Bertz CT molecular complexity index is 162. The molecule has 0 unspecified atom stereocenters. The largest absolute Gasteiger partial charge is 0.480 e. The van der Waals surface area contributed by atoms with Gasteiger partial charge in [0, 0.05) is 0 Å². The molecule has 4 N–H and O–H groups in total. The number of hydrogen-bond acceptors (Lipinski definition) is 3. The van der Waals surface area contributed by atoms with E-state index in [9.17, 15) is 9.36 Å². The van der Waals surface area contributed by atoms with Gasteiger partial charge in [0.05, 0.1) is 12.8 Å². The van der Waals surface area contributed by atoms with Gasteiger partial charge >= 0.3 is 13.6 Å². The first-order valence-electron chi connectivity index (χ1n) is 2.39. The summed E-state index contributed by atoms with van der Waals surface area (Å²) in [7, 11) is -4.10. The molecular weight excluding hydrogens is 164 g/mol. The molecular formula is C3H8NO5P. The molecule has 0 radical (unpaired) electrons. The lowest BCUT2D eigenvalue weighted by Gasteiger charge is -2.02. The molecule has 0 amide bonds. The van der Waals surface area contributed by atoms with Crippen molar-refractivity contribution in [2.45, 2.75) is 0 Å². The average Bonchev–Trinajstić information content (AvgIpc) is 1.59. The molecule has 0 aromatic rings. The van der Waals surface area contributed by atoms with Crippen LogP contribution in [0.2, 0.25) is 0 Å². The smallest absolute Gasteiger partial charge is 0.339 e. The third-order valence-electron chi connectivity index (χ3n) is 0.594. The Labute approximate surface area is 57.0 Å². The summed E-state index contributed by atoms with van der Waals surface area (Å²) in [5.41, 5.74) is 0. The zero-order chi connectivity index (χ0) is 8.20. The predicted molar refractivity (Wildman–Crippen MR) is 32.5 cm³/mol. The molecule has 0 aliphatic rings. The predicted octanol–water partition coefficient (Wildman–Crippen LogP) is -1.20. The summed E-state index contributed by atoms with van der Waals surface area (Å²) in [6.07, 6.45) is -0.598. The molecule has 0 fully saturated rings. The maximum absolute atomic E-state index is 10.1. The van der Waals surface area contributed by atoms with Gasteiger partial charge in [-0.1, -0.05) is 0 Å². The van der Waals surface area contributed by atoms with E-state index in [0.717, 1.165) is 0 Å². The molecule has 0 saturated heterocycles. The van der Waals surface area contributed by atoms with Crippen LogP contribution in [0.3, 0.4) is 0 Å². The van der Waals surface area contributed by atoms with Crippen LogP contribution in [0.25, 0.3) is 0 Å². The van der Waals surface area contributed by atoms with Crippen molar-refractivity contribution in [2.24, 2.45) is 0 Å². The third kappa shape index (κ3) is 7.58. The van der Waals surface area contributed by atoms with E-state index in [0.29, 0.717) is 0 Å². The number of rotatable bonds is 4. The van der Waals surface area contributed by atoms with Crippen molar-refractivity contribution in [3.05, 3.63) is 0 Å². The summed E-state index contributed by atoms with van der Waals surface area (Å²) in [5, 5.41) is 10.1. The number of carboxylic acids is 1. The van der Waals surface area contributed by atoms with E-state index in [1.807, 2.05) is 0 Å². The molecule has 0 atom stereocenters. The summed E-state index contributed by atoms with van der Waals surface area (Å²) in [6, 6.07) is 0. The molecule has 0 aliphatic heterocycles. The summed E-state index contributed by atoms with van der Waals surface area (Å²) >= 11 is 0. The Morgan fingerprint density at radius 3 is 2.30 bits per heavy atom. The second-order valence-electron chi connectivity index (χ2n) is 1.64. The van der Waals surface area contributed by atoms with E-state index in [1.165, 1.54) is 0 Å². The standard InChI is InChI=1S/C3H8NO5P/c5-3(6)1-4-2-10(7,8)9/h4H,1-2H2,(H,5,6)(H2,7,8,9)/i1+1,2+1,4+1. The molecule has 0 rings (SSSR count). The molecule has 60 valence electrons. The SMILES string of the molecule is O=C(O)[13CH2][15NH][13CH2]P(=O)(O)O. The summed E-state index contributed by atoms with van der Waals surface area (Å²) in [4.78, 5) is 26.1. The first-order valence-corrected chi connectivity index (χ1v) is 4.18. The van der Waals surface area contributed by atoms with Gasteiger partial charge in [0.2, 0.25) is 0 Å². The zero-order valence-electron chi connectivity index (χ0n) is 5.02. The van der Waals surface area contributed by atoms with Crippen molar-refractivity contribution in [2.75, 3.05) is 12.8 Å². The number of nitrogens with one attached hydrogen (secondary N) is 1. The number of hydrogen-bond donors (Lipinski definition) is 4. The Kier molecular flexibility index (Phi) is 3.52. The minimum atomic E-state index is -4.10. The second-order valence-corrected chi connectivity index (χ2v) is 3.29. The molecule has 10 heavy (non-hydrogen) atoms. The van der Waals surface area contributed by atoms with Crippen LogP contribution in [0.1, 0.15) is 0 Å². The fourth-order valence-electron chi connectivity index (χ4n) is 0.308. The van der Waals surface area contributed by atoms with Crippen LogP contribution >= 0.6 is 7.60 Å². The van der Waals surface area contributed by atoms with Gasteiger partial charge in [-0.25, -0.2) is 0 Å². The minimum absolute atomic E-state index is 0.439. The molecule has 0 heterocycles. The van der Waals surface area contributed by atoms with Gasteiger partial charge in [-0.2, -0.15) is 0 Å². The maximum Gasteiger partial charge on any atom is 0.339 e. The minimum Gasteiger partial charge on any atom is -0.480 e. The van der Waals surface area contributed by atoms with Crippen LogP contribution < -0.4 is 5.32 Å². The normalized spacial score (nSPS) is 11.4. The molecule has 0 aromatic carbocycles. The van der Waals surface area contributed by atoms with Gasteiger partial charge in [0.1, 0.15) is 0 Å². The van der Waals surface area contributed by atoms with E-state index in [4.69, 9.17) is 14.9 Å². The lowest BCUT2D eigenvalue weighted by atomic mass is 11.1. The first kappa shape index (κ1) is 9.58. The van der Waals surface area contributed by atoms with Gasteiger partial charge in [0.15, 0.2) is 0 Å². The Morgan fingerprint density at radius 1 is 1.50 bits per heavy atom. The highest BCUT2D eigenvalue weighted by atomic mass is 31.2. The summed E-state index contributed by atoms with van der Waals surface area (Å²) < 4.78 is 10.1. The molecule has 0 aromatic heterocycles. The van der Waals surface area contributed by atoms with Gasteiger partial charge in [-0.15, -0.1) is 0 Å². The molecule has 0 bridgehead atoms. The average molecular weight is 172 g/mol. The molecule has 0 saturated carbocycles. The van der Waals surface area contributed by atoms with E-state index < -0.39 is 26.4 Å². The molecule has 7 heteroatoms. The van der Waals surface area contributed by atoms with Gasteiger partial charge in [0.25, 0.3) is 0 Å². The Morgan fingerprint density at radius 2 is 2.00 bits per heavy atom. The van der Waals surface area contributed by atoms with E-state index in [1.54, 1.807) is 0 Å². The van der Waals surface area contributed by atoms with Crippen LogP contribution in [-0.4, -0.2) is 33.7 Å². The quantitative estimate of drug-likeness (QED) is 0.241. The fourth-order valence-corrected chi connectivity index (χ4v) is 0.712. The highest BCUT2D eigenvalue weighted by molar-refractivity contribution is 7.51. The monoisotopic (exact) mass is 172 g/mol. The number of carboxylic acid groups (broad SMARTS) is 1. The van der Waals surface area contributed by atoms with Crippen molar-refractivity contribution in [1.29, 1.82) is 0 Å². The third-order valence-corrected chi connectivity index (χ3v) is 1.23. The van der Waals surface area contributed by atoms with E-state index in [-0.39, 0.29) is 0 Å². The van der Waals surface area contributed by atoms with E-state index >= 15 is 0 Å². The fraction of sp³-hybridized carbons (Fsp3) is 0.667. The van der Waals surface area contributed by atoms with Crippen molar-refractivity contribution in [3.63, 3.8) is 0 Å². The number of carbonyl (C=O) groups is 1. The topological polar surface area (TPSA) is 107 Å². The van der Waals surface area contributed by atoms with Crippen LogP contribution in [0.15, 0.2) is 0 Å². The van der Waals surface area contributed by atoms with Gasteiger partial charge < -0.3 is 14.9 Å². The van der Waals surface area contributed by atoms with Gasteiger partial charge in [-0.3, -0.25) is 14.7 Å². The van der Waals surface area contributed by atoms with Crippen LogP contribution in [-0.2, 0) is 9.36 Å². The Balaban J connectivity index is 3.39. The Hall–Kier alpha value is -0.420. The summed E-state index contributed by atoms with van der Waals surface area (Å²) in [6.45, 7) is -0.439. The van der Waals surface area contributed by atoms with Crippen LogP contribution in [0.4, 0.5) is 0 Å². The van der Waals surface area contributed by atoms with Crippen molar-refractivity contribution in [1.82, 2.24) is 5.32 Å². The maximum atomic E-state index is 10.1. The van der Waals surface area contributed by atoms with E-state index in [2.05, 4.69) is 5.32 Å². The number of aliphatic carboxylic acids is 1. The van der Waals surface area contributed by atoms with Crippen molar-refractivity contribution in [3.8, 4) is 0 Å². The lowest BCUT2D eigenvalue weighted by Crippen LogP contribution is -2.23. The second kappa shape index (κ2) is 3.68. The van der Waals surface area contributed by atoms with Gasteiger partial charge in [-0.05, 0) is 0 Å². The van der Waals surface area contributed by atoms with Crippen molar-refractivity contribution < 1.29 is 24.3 Å². The highest BCUT2D eigenvalue weighted by Gasteiger charge is 2.11. The molecule has 0 spiro atoms. The van der Waals surface area contributed by atoms with Crippen molar-refractivity contribution >= 4 is 13.6 Å². The lowest BCUT2D eigenvalue weighted by molar-refractivity contribution is -0.135. The van der Waals surface area contributed by atoms with Crippen LogP contribution in [0.5, 0.6) is 0 Å². The summed E-state index contributed by atoms with van der Waals surface area (Å²) in [5.74, 6) is -1.14.